The summed E-state index contributed by atoms with van der Waals surface area (Å²) in [6, 6.07) is 4.02. The van der Waals surface area contributed by atoms with Crippen LogP contribution in [0.15, 0.2) is 16.6 Å². The molecule has 18 heavy (non-hydrogen) atoms. The molecule has 1 aromatic rings. The van der Waals surface area contributed by atoms with Crippen molar-refractivity contribution in [1.82, 2.24) is 4.90 Å². The summed E-state index contributed by atoms with van der Waals surface area (Å²) in [6.07, 6.45) is 0. The van der Waals surface area contributed by atoms with Crippen LogP contribution in [0.4, 0.5) is 15.8 Å². The monoisotopic (exact) mass is 315 g/mol. The first-order valence-electron chi connectivity index (χ1n) is 6.11. The molecule has 0 saturated carbocycles. The number of likely N-dealkylation sites (N-methyl/N-ethyl adjacent to an activating group) is 1. The molecule has 0 bridgehead atoms. The van der Waals surface area contributed by atoms with E-state index in [9.17, 15) is 4.39 Å². The average Bonchev–Trinajstić information content (AvgIpc) is 2.30. The summed E-state index contributed by atoms with van der Waals surface area (Å²) < 4.78 is 14.1. The third kappa shape index (κ3) is 2.47. The predicted octanol–water partition coefficient (Wildman–Crippen LogP) is 2.70. The molecule has 1 saturated heterocycles. The van der Waals surface area contributed by atoms with Crippen molar-refractivity contribution in [2.45, 2.75) is 25.9 Å². The van der Waals surface area contributed by atoms with Crippen molar-refractivity contribution in [3.63, 3.8) is 0 Å². The number of piperazine rings is 1. The number of nitrogen functional groups attached to an aromatic ring is 1. The minimum Gasteiger partial charge on any atom is -0.397 e. The van der Waals surface area contributed by atoms with Crippen molar-refractivity contribution in [3.05, 3.63) is 22.4 Å². The number of halogens is 2. The highest BCUT2D eigenvalue weighted by atomic mass is 79.9. The van der Waals surface area contributed by atoms with E-state index in [4.69, 9.17) is 5.73 Å². The van der Waals surface area contributed by atoms with E-state index in [0.29, 0.717) is 22.2 Å². The predicted molar refractivity (Wildman–Crippen MR) is 77.4 cm³/mol. The average molecular weight is 316 g/mol. The van der Waals surface area contributed by atoms with Crippen LogP contribution in [-0.4, -0.2) is 37.1 Å². The lowest BCUT2D eigenvalue weighted by Crippen LogP contribution is -2.55. The van der Waals surface area contributed by atoms with Gasteiger partial charge in [-0.2, -0.15) is 0 Å². The van der Waals surface area contributed by atoms with E-state index < -0.39 is 0 Å². The Morgan fingerprint density at radius 1 is 1.28 bits per heavy atom. The minimum absolute atomic E-state index is 0.265. The van der Waals surface area contributed by atoms with Gasteiger partial charge in [-0.05, 0) is 42.9 Å². The lowest BCUT2D eigenvalue weighted by molar-refractivity contribution is 0.170. The minimum atomic E-state index is -0.265. The van der Waals surface area contributed by atoms with Crippen molar-refractivity contribution in [1.29, 1.82) is 0 Å². The standard InChI is InChI=1S/C13H19BrFN3/c1-8-6-18(7-9(2)17(8)3)13-5-11(15)10(14)4-12(13)16/h4-5,8-9H,6-7,16H2,1-3H3. The van der Waals surface area contributed by atoms with E-state index in [1.54, 1.807) is 6.07 Å². The Kier molecular flexibility index (Phi) is 3.82. The Balaban J connectivity index is 2.29. The molecule has 2 N–H and O–H groups in total. The molecule has 2 atom stereocenters. The van der Waals surface area contributed by atoms with Crippen LogP contribution in [0.2, 0.25) is 0 Å². The van der Waals surface area contributed by atoms with Gasteiger partial charge in [-0.25, -0.2) is 4.39 Å². The Hall–Kier alpha value is -0.810. The SMILES string of the molecule is CC1CN(c2cc(F)c(Br)cc2N)CC(C)N1C. The fourth-order valence-corrected chi connectivity index (χ4v) is 2.79. The van der Waals surface area contributed by atoms with Crippen molar-refractivity contribution in [2.24, 2.45) is 0 Å². The van der Waals surface area contributed by atoms with Crippen molar-refractivity contribution < 1.29 is 4.39 Å². The van der Waals surface area contributed by atoms with Gasteiger partial charge in [0.05, 0.1) is 15.8 Å². The van der Waals surface area contributed by atoms with Crippen LogP contribution >= 0.6 is 15.9 Å². The number of hydrogen-bond acceptors (Lipinski definition) is 3. The Bertz CT molecular complexity index is 440. The molecule has 0 aromatic heterocycles. The third-order valence-electron chi connectivity index (χ3n) is 3.77. The normalized spacial score (nSPS) is 25.5. The molecule has 1 aliphatic rings. The number of hydrogen-bond donors (Lipinski definition) is 1. The number of nitrogens with two attached hydrogens (primary N) is 1. The highest BCUT2D eigenvalue weighted by Crippen LogP contribution is 2.31. The molecule has 1 aromatic carbocycles. The lowest BCUT2D eigenvalue weighted by atomic mass is 10.1. The summed E-state index contributed by atoms with van der Waals surface area (Å²) in [5.74, 6) is -0.265. The maximum absolute atomic E-state index is 13.6. The summed E-state index contributed by atoms with van der Waals surface area (Å²) in [7, 11) is 2.12. The topological polar surface area (TPSA) is 32.5 Å². The fourth-order valence-electron chi connectivity index (χ4n) is 2.43. The summed E-state index contributed by atoms with van der Waals surface area (Å²) in [6.45, 7) is 6.08. The largest absolute Gasteiger partial charge is 0.397 e. The van der Waals surface area contributed by atoms with Gasteiger partial charge >= 0.3 is 0 Å². The molecule has 100 valence electrons. The maximum atomic E-state index is 13.6. The zero-order valence-electron chi connectivity index (χ0n) is 11.0. The Morgan fingerprint density at radius 3 is 2.39 bits per heavy atom. The smallest absolute Gasteiger partial charge is 0.139 e. The number of benzene rings is 1. The third-order valence-corrected chi connectivity index (χ3v) is 4.38. The second kappa shape index (κ2) is 5.05. The van der Waals surface area contributed by atoms with Gasteiger partial charge in [0.15, 0.2) is 0 Å². The van der Waals surface area contributed by atoms with Gasteiger partial charge in [0.1, 0.15) is 5.82 Å². The zero-order valence-corrected chi connectivity index (χ0v) is 12.5. The van der Waals surface area contributed by atoms with E-state index in [-0.39, 0.29) is 5.82 Å². The first-order chi connectivity index (χ1) is 8.40. The van der Waals surface area contributed by atoms with Crippen LogP contribution in [0.25, 0.3) is 0 Å². The molecule has 5 heteroatoms. The van der Waals surface area contributed by atoms with E-state index in [1.807, 2.05) is 0 Å². The Labute approximate surface area is 116 Å². The summed E-state index contributed by atoms with van der Waals surface area (Å²) in [4.78, 5) is 4.50. The molecular weight excluding hydrogens is 297 g/mol. The summed E-state index contributed by atoms with van der Waals surface area (Å²) in [5.41, 5.74) is 7.41. The van der Waals surface area contributed by atoms with Crippen LogP contribution < -0.4 is 10.6 Å². The number of rotatable bonds is 1. The molecule has 3 nitrogen and oxygen atoms in total. The fraction of sp³-hybridized carbons (Fsp3) is 0.538. The molecule has 0 spiro atoms. The second-order valence-electron chi connectivity index (χ2n) is 5.09. The molecule has 0 radical (unpaired) electrons. The quantitative estimate of drug-likeness (QED) is 0.809. The summed E-state index contributed by atoms with van der Waals surface area (Å²) in [5, 5.41) is 0. The van der Waals surface area contributed by atoms with E-state index in [2.05, 4.69) is 46.6 Å². The van der Waals surface area contributed by atoms with Gasteiger partial charge in [0.2, 0.25) is 0 Å². The molecule has 0 aliphatic carbocycles. The van der Waals surface area contributed by atoms with E-state index in [1.165, 1.54) is 6.07 Å². The number of nitrogens with zero attached hydrogens (tertiary/aromatic N) is 2. The van der Waals surface area contributed by atoms with Crippen LogP contribution in [0.3, 0.4) is 0 Å². The molecule has 1 fully saturated rings. The van der Waals surface area contributed by atoms with Gasteiger partial charge in [-0.1, -0.05) is 0 Å². The highest BCUT2D eigenvalue weighted by Gasteiger charge is 2.27. The molecule has 2 unspecified atom stereocenters. The molecule has 1 heterocycles. The van der Waals surface area contributed by atoms with Crippen molar-refractivity contribution >= 4 is 27.3 Å². The first kappa shape index (κ1) is 13.6. The number of anilines is 2. The van der Waals surface area contributed by atoms with Gasteiger partial charge in [0.25, 0.3) is 0 Å². The van der Waals surface area contributed by atoms with Gasteiger partial charge < -0.3 is 10.6 Å². The Morgan fingerprint density at radius 2 is 1.83 bits per heavy atom. The zero-order chi connectivity index (χ0) is 13.4. The second-order valence-corrected chi connectivity index (χ2v) is 5.95. The van der Waals surface area contributed by atoms with E-state index in [0.717, 1.165) is 18.8 Å². The van der Waals surface area contributed by atoms with Crippen LogP contribution in [0.5, 0.6) is 0 Å². The van der Waals surface area contributed by atoms with E-state index >= 15 is 0 Å². The van der Waals surface area contributed by atoms with Gasteiger partial charge in [-0.15, -0.1) is 0 Å². The maximum Gasteiger partial charge on any atom is 0.139 e. The molecule has 2 rings (SSSR count). The van der Waals surface area contributed by atoms with Crippen LogP contribution in [0.1, 0.15) is 13.8 Å². The lowest BCUT2D eigenvalue weighted by Gasteiger charge is -2.43. The van der Waals surface area contributed by atoms with Crippen molar-refractivity contribution in [2.75, 3.05) is 30.8 Å². The van der Waals surface area contributed by atoms with Gasteiger partial charge in [0, 0.05) is 31.2 Å². The molecule has 1 aliphatic heterocycles. The van der Waals surface area contributed by atoms with Crippen LogP contribution in [-0.2, 0) is 0 Å². The first-order valence-corrected chi connectivity index (χ1v) is 6.91. The highest BCUT2D eigenvalue weighted by molar-refractivity contribution is 9.10. The molecule has 0 amide bonds. The van der Waals surface area contributed by atoms with Crippen molar-refractivity contribution in [3.8, 4) is 0 Å². The van der Waals surface area contributed by atoms with Gasteiger partial charge in [-0.3, -0.25) is 4.90 Å². The van der Waals surface area contributed by atoms with Crippen LogP contribution in [0, 0.1) is 5.82 Å². The molecular formula is C13H19BrFN3. The summed E-state index contributed by atoms with van der Waals surface area (Å²) >= 11 is 3.16.